The molecule has 0 bridgehead atoms. The summed E-state index contributed by atoms with van der Waals surface area (Å²) in [4.78, 5) is 13.5. The number of benzene rings is 1. The third kappa shape index (κ3) is 3.59. The highest BCUT2D eigenvalue weighted by atomic mass is 79.9. The van der Waals surface area contributed by atoms with E-state index in [0.717, 1.165) is 12.8 Å². The van der Waals surface area contributed by atoms with E-state index in [-0.39, 0.29) is 5.91 Å². The van der Waals surface area contributed by atoms with Gasteiger partial charge in [-0.2, -0.15) is 0 Å². The van der Waals surface area contributed by atoms with Crippen LogP contribution in [0.2, 0.25) is 0 Å². The van der Waals surface area contributed by atoms with Crippen molar-refractivity contribution >= 4 is 21.8 Å². The molecule has 0 aliphatic carbocycles. The molecule has 0 radical (unpaired) electrons. The van der Waals surface area contributed by atoms with Gasteiger partial charge in [0.05, 0.1) is 0 Å². The van der Waals surface area contributed by atoms with Gasteiger partial charge >= 0.3 is 0 Å². The van der Waals surface area contributed by atoms with Gasteiger partial charge in [0.25, 0.3) is 5.91 Å². The maximum Gasteiger partial charge on any atom is 0.253 e. The Balaban J connectivity index is 2.79. The molecule has 1 rings (SSSR count). The summed E-state index contributed by atoms with van der Waals surface area (Å²) < 4.78 is 13.7. The van der Waals surface area contributed by atoms with E-state index in [2.05, 4.69) is 22.9 Å². The lowest BCUT2D eigenvalue weighted by molar-refractivity contribution is 0.0792. The first-order chi connectivity index (χ1) is 7.54. The van der Waals surface area contributed by atoms with Crippen molar-refractivity contribution in [3.05, 3.63) is 34.1 Å². The Morgan fingerprint density at radius 2 is 2.12 bits per heavy atom. The van der Waals surface area contributed by atoms with E-state index < -0.39 is 5.82 Å². The summed E-state index contributed by atoms with van der Waals surface area (Å²) in [5.74, 6) is -0.546. The number of hydrogen-bond donors (Lipinski definition) is 0. The van der Waals surface area contributed by atoms with Gasteiger partial charge in [-0.05, 0) is 24.6 Å². The lowest BCUT2D eigenvalue weighted by Gasteiger charge is -2.16. The molecule has 1 aromatic rings. The average Bonchev–Trinajstić information content (AvgIpc) is 2.23. The number of nitrogens with zero attached hydrogens (tertiary/aromatic N) is 1. The Hall–Kier alpha value is -0.900. The van der Waals surface area contributed by atoms with Crippen LogP contribution < -0.4 is 0 Å². The van der Waals surface area contributed by atoms with Crippen LogP contribution in [0.3, 0.4) is 0 Å². The van der Waals surface area contributed by atoms with Crippen LogP contribution in [0.4, 0.5) is 4.39 Å². The zero-order valence-electron chi connectivity index (χ0n) is 9.46. The second-order valence-electron chi connectivity index (χ2n) is 3.74. The first-order valence-electron chi connectivity index (χ1n) is 5.26. The van der Waals surface area contributed by atoms with Crippen LogP contribution in [0.5, 0.6) is 0 Å². The van der Waals surface area contributed by atoms with E-state index in [4.69, 9.17) is 0 Å². The van der Waals surface area contributed by atoms with E-state index in [0.29, 0.717) is 16.6 Å². The van der Waals surface area contributed by atoms with Gasteiger partial charge in [0, 0.05) is 23.6 Å². The summed E-state index contributed by atoms with van der Waals surface area (Å²) in [5, 5.41) is 0. The fourth-order valence-electron chi connectivity index (χ4n) is 1.39. The number of carbonyl (C=O) groups excluding carboxylic acids is 1. The Labute approximate surface area is 104 Å². The summed E-state index contributed by atoms with van der Waals surface area (Å²) >= 11 is 3.17. The van der Waals surface area contributed by atoms with Crippen molar-refractivity contribution in [3.8, 4) is 0 Å². The number of hydrogen-bond acceptors (Lipinski definition) is 1. The molecular weight excluding hydrogens is 273 g/mol. The van der Waals surface area contributed by atoms with E-state index in [1.165, 1.54) is 12.1 Å². The lowest BCUT2D eigenvalue weighted by Crippen LogP contribution is -2.27. The Kier molecular flexibility index (Phi) is 4.93. The normalized spacial score (nSPS) is 10.2. The summed E-state index contributed by atoms with van der Waals surface area (Å²) in [6.07, 6.45) is 1.99. The molecule has 0 saturated carbocycles. The average molecular weight is 288 g/mol. The van der Waals surface area contributed by atoms with Gasteiger partial charge < -0.3 is 4.90 Å². The zero-order chi connectivity index (χ0) is 12.1. The van der Waals surface area contributed by atoms with Crippen LogP contribution in [0.25, 0.3) is 0 Å². The molecule has 2 nitrogen and oxygen atoms in total. The van der Waals surface area contributed by atoms with Gasteiger partial charge in [-0.3, -0.25) is 4.79 Å². The second-order valence-corrected chi connectivity index (χ2v) is 4.65. The second kappa shape index (κ2) is 5.99. The Bertz CT molecular complexity index is 361. The molecule has 0 aliphatic rings. The van der Waals surface area contributed by atoms with Crippen LogP contribution in [0, 0.1) is 5.82 Å². The van der Waals surface area contributed by atoms with Gasteiger partial charge in [-0.1, -0.05) is 29.3 Å². The molecule has 1 amide bonds. The van der Waals surface area contributed by atoms with Crippen molar-refractivity contribution in [2.45, 2.75) is 19.8 Å². The van der Waals surface area contributed by atoms with Gasteiger partial charge in [0.15, 0.2) is 0 Å². The van der Waals surface area contributed by atoms with Crippen LogP contribution in [-0.4, -0.2) is 24.4 Å². The van der Waals surface area contributed by atoms with Crippen LogP contribution >= 0.6 is 15.9 Å². The smallest absolute Gasteiger partial charge is 0.253 e. The first-order valence-corrected chi connectivity index (χ1v) is 6.05. The number of halogens is 2. The fourth-order valence-corrected chi connectivity index (χ4v) is 1.86. The maximum absolute atomic E-state index is 13.1. The van der Waals surface area contributed by atoms with Crippen molar-refractivity contribution in [1.82, 2.24) is 4.90 Å². The SMILES string of the molecule is CCCCN(C)C(=O)c1cc(F)cc(Br)c1. The molecule has 0 heterocycles. The van der Waals surface area contributed by atoms with Crippen molar-refractivity contribution in [3.63, 3.8) is 0 Å². The van der Waals surface area contributed by atoms with Gasteiger partial charge in [-0.15, -0.1) is 0 Å². The lowest BCUT2D eigenvalue weighted by atomic mass is 10.2. The van der Waals surface area contributed by atoms with Crippen molar-refractivity contribution in [2.75, 3.05) is 13.6 Å². The summed E-state index contributed by atoms with van der Waals surface area (Å²) in [6, 6.07) is 4.23. The molecule has 0 aliphatic heterocycles. The number of carbonyl (C=O) groups is 1. The Morgan fingerprint density at radius 3 is 2.69 bits per heavy atom. The zero-order valence-corrected chi connectivity index (χ0v) is 11.1. The minimum absolute atomic E-state index is 0.145. The van der Waals surface area contributed by atoms with E-state index in [1.54, 1.807) is 18.0 Å². The molecule has 0 spiro atoms. The van der Waals surface area contributed by atoms with Crippen molar-refractivity contribution < 1.29 is 9.18 Å². The number of rotatable bonds is 4. The van der Waals surface area contributed by atoms with E-state index in [9.17, 15) is 9.18 Å². The molecule has 0 unspecified atom stereocenters. The third-order valence-corrected chi connectivity index (χ3v) is 2.76. The molecule has 16 heavy (non-hydrogen) atoms. The fraction of sp³-hybridized carbons (Fsp3) is 0.417. The molecule has 88 valence electrons. The molecule has 0 aromatic heterocycles. The molecular formula is C12H15BrFNO. The van der Waals surface area contributed by atoms with E-state index in [1.807, 2.05) is 0 Å². The molecule has 4 heteroatoms. The number of amides is 1. The predicted octanol–water partition coefficient (Wildman–Crippen LogP) is 3.46. The van der Waals surface area contributed by atoms with E-state index >= 15 is 0 Å². The minimum Gasteiger partial charge on any atom is -0.342 e. The largest absolute Gasteiger partial charge is 0.342 e. The third-order valence-electron chi connectivity index (χ3n) is 2.30. The van der Waals surface area contributed by atoms with Gasteiger partial charge in [-0.25, -0.2) is 4.39 Å². The quantitative estimate of drug-likeness (QED) is 0.831. The van der Waals surface area contributed by atoms with Crippen molar-refractivity contribution in [2.24, 2.45) is 0 Å². The first kappa shape index (κ1) is 13.2. The highest BCUT2D eigenvalue weighted by Gasteiger charge is 2.12. The van der Waals surface area contributed by atoms with Crippen LogP contribution in [0.1, 0.15) is 30.1 Å². The van der Waals surface area contributed by atoms with Crippen molar-refractivity contribution in [1.29, 1.82) is 0 Å². The molecule has 0 fully saturated rings. The molecule has 0 N–H and O–H groups in total. The predicted molar refractivity (Wildman–Crippen MR) is 66.0 cm³/mol. The molecule has 1 aromatic carbocycles. The van der Waals surface area contributed by atoms with Crippen LogP contribution in [-0.2, 0) is 0 Å². The topological polar surface area (TPSA) is 20.3 Å². The maximum atomic E-state index is 13.1. The highest BCUT2D eigenvalue weighted by molar-refractivity contribution is 9.10. The Morgan fingerprint density at radius 1 is 1.44 bits per heavy atom. The highest BCUT2D eigenvalue weighted by Crippen LogP contribution is 2.16. The summed E-state index contributed by atoms with van der Waals surface area (Å²) in [6.45, 7) is 2.76. The minimum atomic E-state index is -0.401. The molecule has 0 saturated heterocycles. The number of unbranched alkanes of at least 4 members (excludes halogenated alkanes) is 1. The van der Waals surface area contributed by atoms with Gasteiger partial charge in [0.2, 0.25) is 0 Å². The van der Waals surface area contributed by atoms with Gasteiger partial charge in [0.1, 0.15) is 5.82 Å². The van der Waals surface area contributed by atoms with Crippen LogP contribution in [0.15, 0.2) is 22.7 Å². The summed E-state index contributed by atoms with van der Waals surface area (Å²) in [5.41, 5.74) is 0.380. The monoisotopic (exact) mass is 287 g/mol. The standard InChI is InChI=1S/C12H15BrFNO/c1-3-4-5-15(2)12(16)9-6-10(13)8-11(14)7-9/h6-8H,3-5H2,1-2H3. The summed E-state index contributed by atoms with van der Waals surface area (Å²) in [7, 11) is 1.73. The molecule has 0 atom stereocenters.